The van der Waals surface area contributed by atoms with E-state index < -0.39 is 0 Å². The molecule has 0 saturated heterocycles. The number of benzene rings is 1. The lowest BCUT2D eigenvalue weighted by Gasteiger charge is -2.09. The van der Waals surface area contributed by atoms with Crippen molar-refractivity contribution in [3.05, 3.63) is 45.3 Å². The van der Waals surface area contributed by atoms with Gasteiger partial charge in [0.1, 0.15) is 5.58 Å². The average molecular weight is 344 g/mol. The minimum Gasteiger partial charge on any atom is -0.422 e. The van der Waals surface area contributed by atoms with Gasteiger partial charge in [0.15, 0.2) is 0 Å². The summed E-state index contributed by atoms with van der Waals surface area (Å²) in [6.45, 7) is 9.00. The third-order valence-corrected chi connectivity index (χ3v) is 4.92. The van der Waals surface area contributed by atoms with Crippen LogP contribution in [0.5, 0.6) is 0 Å². The number of hydrogen-bond acceptors (Lipinski definition) is 6. The molecule has 7 heteroatoms. The maximum Gasteiger partial charge on any atom is 0.336 e. The Hall–Kier alpha value is -2.15. The van der Waals surface area contributed by atoms with Gasteiger partial charge in [0.05, 0.1) is 0 Å². The first kappa shape index (κ1) is 16.7. The summed E-state index contributed by atoms with van der Waals surface area (Å²) in [5.41, 5.74) is 3.39. The minimum absolute atomic E-state index is 0.325. The van der Waals surface area contributed by atoms with Crippen LogP contribution in [0, 0.1) is 19.8 Å². The van der Waals surface area contributed by atoms with Gasteiger partial charge in [-0.15, -0.1) is 5.10 Å². The van der Waals surface area contributed by atoms with Crippen LogP contribution in [0.4, 0.5) is 0 Å². The zero-order valence-electron chi connectivity index (χ0n) is 14.2. The van der Waals surface area contributed by atoms with E-state index in [-0.39, 0.29) is 5.63 Å². The molecule has 0 amide bonds. The highest BCUT2D eigenvalue weighted by molar-refractivity contribution is 7.98. The standard InChI is InChI=1S/C17H20N4O2S/c1-10(2)8-21-17(18-19-20-21)24-9-13-7-15(22)23-16-12(4)11(3)5-6-14(13)16/h5-7,10H,8-9H2,1-4H3. The Morgan fingerprint density at radius 3 is 2.83 bits per heavy atom. The fourth-order valence-corrected chi connectivity index (χ4v) is 3.42. The lowest BCUT2D eigenvalue weighted by Crippen LogP contribution is -2.08. The van der Waals surface area contributed by atoms with Crippen LogP contribution in [0.2, 0.25) is 0 Å². The summed E-state index contributed by atoms with van der Waals surface area (Å²) in [6.07, 6.45) is 0. The first-order valence-corrected chi connectivity index (χ1v) is 8.86. The molecule has 0 spiro atoms. The molecule has 2 aromatic heterocycles. The number of fused-ring (bicyclic) bond motifs is 1. The number of aryl methyl sites for hydroxylation is 2. The molecule has 0 radical (unpaired) electrons. The molecule has 24 heavy (non-hydrogen) atoms. The highest BCUT2D eigenvalue weighted by Crippen LogP contribution is 2.28. The summed E-state index contributed by atoms with van der Waals surface area (Å²) in [7, 11) is 0. The summed E-state index contributed by atoms with van der Waals surface area (Å²) in [4.78, 5) is 11.9. The predicted octanol–water partition coefficient (Wildman–Crippen LogP) is 3.34. The van der Waals surface area contributed by atoms with Gasteiger partial charge in [0, 0.05) is 23.8 Å². The Balaban J connectivity index is 1.92. The third-order valence-electron chi connectivity index (χ3n) is 3.91. The lowest BCUT2D eigenvalue weighted by atomic mass is 10.0. The van der Waals surface area contributed by atoms with E-state index in [2.05, 4.69) is 35.4 Å². The normalized spacial score (nSPS) is 11.5. The molecule has 0 aliphatic carbocycles. The number of rotatable bonds is 5. The molecule has 2 heterocycles. The van der Waals surface area contributed by atoms with E-state index in [1.807, 2.05) is 19.9 Å². The van der Waals surface area contributed by atoms with Gasteiger partial charge in [0.25, 0.3) is 0 Å². The van der Waals surface area contributed by atoms with Gasteiger partial charge in [-0.1, -0.05) is 37.7 Å². The summed E-state index contributed by atoms with van der Waals surface area (Å²) in [6, 6.07) is 5.61. The van der Waals surface area contributed by atoms with Crippen molar-refractivity contribution in [2.75, 3.05) is 0 Å². The van der Waals surface area contributed by atoms with E-state index in [0.29, 0.717) is 17.3 Å². The minimum atomic E-state index is -0.325. The molecular formula is C17H20N4O2S. The molecule has 3 rings (SSSR count). The molecule has 3 aromatic rings. The Morgan fingerprint density at radius 2 is 2.08 bits per heavy atom. The van der Waals surface area contributed by atoms with E-state index in [4.69, 9.17) is 4.42 Å². The number of tetrazole rings is 1. The molecule has 0 unspecified atom stereocenters. The molecule has 0 saturated carbocycles. The predicted molar refractivity (Wildman–Crippen MR) is 94.2 cm³/mol. The fourth-order valence-electron chi connectivity index (χ4n) is 2.55. The molecule has 0 fully saturated rings. The van der Waals surface area contributed by atoms with Crippen molar-refractivity contribution in [2.45, 2.75) is 45.1 Å². The molecule has 0 aliphatic heterocycles. The van der Waals surface area contributed by atoms with Crippen LogP contribution in [-0.2, 0) is 12.3 Å². The van der Waals surface area contributed by atoms with Gasteiger partial charge in [-0.2, -0.15) is 0 Å². The van der Waals surface area contributed by atoms with Crippen LogP contribution < -0.4 is 5.63 Å². The monoisotopic (exact) mass is 344 g/mol. The molecule has 1 aromatic carbocycles. The third kappa shape index (κ3) is 3.36. The van der Waals surface area contributed by atoms with E-state index in [1.165, 1.54) is 11.8 Å². The van der Waals surface area contributed by atoms with Crippen molar-refractivity contribution in [3.8, 4) is 0 Å². The van der Waals surface area contributed by atoms with Crippen LogP contribution >= 0.6 is 11.8 Å². The van der Waals surface area contributed by atoms with E-state index >= 15 is 0 Å². The van der Waals surface area contributed by atoms with Gasteiger partial charge in [0.2, 0.25) is 5.16 Å². The van der Waals surface area contributed by atoms with Crippen molar-refractivity contribution < 1.29 is 4.42 Å². The summed E-state index contributed by atoms with van der Waals surface area (Å²) < 4.78 is 7.22. The topological polar surface area (TPSA) is 73.8 Å². The SMILES string of the molecule is Cc1ccc2c(CSc3nnnn3CC(C)C)cc(=O)oc2c1C. The largest absolute Gasteiger partial charge is 0.422 e. The molecule has 126 valence electrons. The maximum absolute atomic E-state index is 11.9. The highest BCUT2D eigenvalue weighted by atomic mass is 32.2. The lowest BCUT2D eigenvalue weighted by molar-refractivity contribution is 0.446. The highest BCUT2D eigenvalue weighted by Gasteiger charge is 2.13. The molecule has 0 atom stereocenters. The Morgan fingerprint density at radius 1 is 1.29 bits per heavy atom. The molecule has 0 bridgehead atoms. The van der Waals surface area contributed by atoms with Crippen molar-refractivity contribution in [2.24, 2.45) is 5.92 Å². The van der Waals surface area contributed by atoms with E-state index in [1.54, 1.807) is 10.7 Å². The Bertz CT molecular complexity index is 930. The van der Waals surface area contributed by atoms with Gasteiger partial charge < -0.3 is 4.42 Å². The van der Waals surface area contributed by atoms with Gasteiger partial charge in [-0.25, -0.2) is 9.48 Å². The van der Waals surface area contributed by atoms with Gasteiger partial charge in [-0.05, 0) is 46.9 Å². The quantitative estimate of drug-likeness (QED) is 0.522. The number of hydrogen-bond donors (Lipinski definition) is 0. The Kier molecular flexibility index (Phi) is 4.71. The second-order valence-corrected chi connectivity index (χ2v) is 7.24. The second kappa shape index (κ2) is 6.76. The van der Waals surface area contributed by atoms with Crippen LogP contribution in [0.25, 0.3) is 11.0 Å². The van der Waals surface area contributed by atoms with E-state index in [9.17, 15) is 4.79 Å². The van der Waals surface area contributed by atoms with E-state index in [0.717, 1.165) is 33.8 Å². The molecular weight excluding hydrogens is 324 g/mol. The maximum atomic E-state index is 11.9. The van der Waals surface area contributed by atoms with Crippen molar-refractivity contribution in [3.63, 3.8) is 0 Å². The number of aromatic nitrogens is 4. The molecule has 0 N–H and O–H groups in total. The number of thioether (sulfide) groups is 1. The second-order valence-electron chi connectivity index (χ2n) is 6.30. The smallest absolute Gasteiger partial charge is 0.336 e. The van der Waals surface area contributed by atoms with Crippen LogP contribution in [0.3, 0.4) is 0 Å². The average Bonchev–Trinajstić information content (AvgIpc) is 2.95. The number of nitrogens with zero attached hydrogens (tertiary/aromatic N) is 4. The van der Waals surface area contributed by atoms with Crippen LogP contribution in [0.1, 0.15) is 30.5 Å². The summed E-state index contributed by atoms with van der Waals surface area (Å²) in [5, 5.41) is 13.6. The summed E-state index contributed by atoms with van der Waals surface area (Å²) in [5.74, 6) is 1.08. The summed E-state index contributed by atoms with van der Waals surface area (Å²) >= 11 is 1.53. The molecule has 0 aliphatic rings. The fraction of sp³-hybridized carbons (Fsp3) is 0.412. The van der Waals surface area contributed by atoms with Crippen molar-refractivity contribution in [1.29, 1.82) is 0 Å². The van der Waals surface area contributed by atoms with Crippen molar-refractivity contribution >= 4 is 22.7 Å². The van der Waals surface area contributed by atoms with Crippen LogP contribution in [-0.4, -0.2) is 20.2 Å². The Labute approximate surface area is 144 Å². The van der Waals surface area contributed by atoms with Gasteiger partial charge in [-0.3, -0.25) is 0 Å². The first-order chi connectivity index (χ1) is 11.5. The first-order valence-electron chi connectivity index (χ1n) is 7.87. The van der Waals surface area contributed by atoms with Crippen molar-refractivity contribution in [1.82, 2.24) is 20.2 Å². The zero-order chi connectivity index (χ0) is 17.3. The zero-order valence-corrected chi connectivity index (χ0v) is 15.1. The van der Waals surface area contributed by atoms with Gasteiger partial charge >= 0.3 is 5.63 Å². The molecule has 6 nitrogen and oxygen atoms in total. The van der Waals surface area contributed by atoms with Crippen LogP contribution in [0.15, 0.2) is 32.6 Å².